The first kappa shape index (κ1) is 11.3. The third-order valence-corrected chi connectivity index (χ3v) is 2.63. The Bertz CT molecular complexity index is 350. The zero-order valence-corrected chi connectivity index (χ0v) is 9.14. The van der Waals surface area contributed by atoms with Crippen LogP contribution in [0.15, 0.2) is 18.2 Å². The second-order valence-corrected chi connectivity index (χ2v) is 3.77. The molecule has 0 amide bonds. The average Bonchev–Trinajstić information content (AvgIpc) is 2.16. The number of carboxylic acids is 1. The molecule has 0 saturated carbocycles. The normalized spacial score (nSPS) is 12.5. The van der Waals surface area contributed by atoms with Gasteiger partial charge in [0.25, 0.3) is 0 Å². The number of hydrogen-bond acceptors (Lipinski definition) is 1. The van der Waals surface area contributed by atoms with Crippen molar-refractivity contribution in [2.45, 2.75) is 18.7 Å². The highest BCUT2D eigenvalue weighted by Gasteiger charge is 2.18. The summed E-state index contributed by atoms with van der Waals surface area (Å²) < 4.78 is 0. The van der Waals surface area contributed by atoms with E-state index < -0.39 is 11.3 Å². The van der Waals surface area contributed by atoms with Crippen LogP contribution in [0, 0.1) is 0 Å². The Morgan fingerprint density at radius 3 is 2.71 bits per heavy atom. The molecule has 0 bridgehead atoms. The Kier molecular flexibility index (Phi) is 3.78. The van der Waals surface area contributed by atoms with Crippen molar-refractivity contribution in [3.8, 4) is 0 Å². The Morgan fingerprint density at radius 2 is 2.21 bits per heavy atom. The van der Waals surface area contributed by atoms with Crippen LogP contribution in [-0.2, 0) is 11.2 Å². The van der Waals surface area contributed by atoms with E-state index in [0.717, 1.165) is 5.56 Å². The summed E-state index contributed by atoms with van der Waals surface area (Å²) in [4.78, 5) is 10.7. The molecule has 0 spiro atoms. The maximum absolute atomic E-state index is 10.7. The lowest BCUT2D eigenvalue weighted by Crippen LogP contribution is -2.07. The lowest BCUT2D eigenvalue weighted by molar-refractivity contribution is -0.136. The smallest absolute Gasteiger partial charge is 0.326 e. The largest absolute Gasteiger partial charge is 0.480 e. The van der Waals surface area contributed by atoms with Gasteiger partial charge in [-0.25, -0.2) is 0 Å². The number of rotatable bonds is 3. The number of halogens is 2. The van der Waals surface area contributed by atoms with E-state index in [0.29, 0.717) is 17.0 Å². The Labute approximate surface area is 92.5 Å². The Hall–Kier alpha value is -0.730. The monoisotopic (exact) mass is 232 g/mol. The van der Waals surface area contributed by atoms with E-state index in [-0.39, 0.29) is 0 Å². The van der Waals surface area contributed by atoms with Gasteiger partial charge in [0.1, 0.15) is 0 Å². The molecular formula is C10H10Cl2O2. The molecular weight excluding hydrogens is 223 g/mol. The molecule has 14 heavy (non-hydrogen) atoms. The van der Waals surface area contributed by atoms with Crippen LogP contribution in [0.5, 0.6) is 0 Å². The molecule has 0 heterocycles. The van der Waals surface area contributed by atoms with E-state index in [1.165, 1.54) is 0 Å². The number of alkyl halides is 1. The number of carboxylic acid groups (broad SMARTS) is 1. The van der Waals surface area contributed by atoms with Crippen LogP contribution in [0.1, 0.15) is 23.4 Å². The molecule has 1 rings (SSSR count). The molecule has 0 aliphatic rings. The number of aliphatic carboxylic acids is 1. The van der Waals surface area contributed by atoms with Crippen molar-refractivity contribution in [3.63, 3.8) is 0 Å². The zero-order chi connectivity index (χ0) is 10.7. The van der Waals surface area contributed by atoms with Crippen LogP contribution < -0.4 is 0 Å². The zero-order valence-electron chi connectivity index (χ0n) is 7.63. The van der Waals surface area contributed by atoms with Crippen molar-refractivity contribution in [3.05, 3.63) is 34.3 Å². The predicted octanol–water partition coefficient (Wildman–Crippen LogP) is 3.27. The van der Waals surface area contributed by atoms with Crippen LogP contribution in [0.3, 0.4) is 0 Å². The van der Waals surface area contributed by atoms with Crippen LogP contribution in [-0.4, -0.2) is 11.1 Å². The molecule has 1 atom stereocenters. The highest BCUT2D eigenvalue weighted by Crippen LogP contribution is 2.27. The summed E-state index contributed by atoms with van der Waals surface area (Å²) in [6.07, 6.45) is 0.715. The van der Waals surface area contributed by atoms with E-state index >= 15 is 0 Å². The molecule has 0 aromatic heterocycles. The van der Waals surface area contributed by atoms with E-state index in [1.54, 1.807) is 18.2 Å². The van der Waals surface area contributed by atoms with Gasteiger partial charge in [0.2, 0.25) is 0 Å². The first-order valence-electron chi connectivity index (χ1n) is 4.21. The van der Waals surface area contributed by atoms with Crippen LogP contribution in [0.25, 0.3) is 0 Å². The SMILES string of the molecule is CCc1cc(Cl)ccc1C(Cl)C(=O)O. The number of benzene rings is 1. The van der Waals surface area contributed by atoms with Crippen molar-refractivity contribution in [2.24, 2.45) is 0 Å². The van der Waals surface area contributed by atoms with E-state index in [2.05, 4.69) is 0 Å². The number of carbonyl (C=O) groups is 1. The second kappa shape index (κ2) is 4.67. The topological polar surface area (TPSA) is 37.3 Å². The minimum atomic E-state index is -1.04. The van der Waals surface area contributed by atoms with E-state index in [4.69, 9.17) is 28.3 Å². The lowest BCUT2D eigenvalue weighted by atomic mass is 10.0. The van der Waals surface area contributed by atoms with Crippen molar-refractivity contribution in [1.82, 2.24) is 0 Å². The molecule has 1 aromatic carbocycles. The molecule has 0 radical (unpaired) electrons. The standard InChI is InChI=1S/C10H10Cl2O2/c1-2-6-5-7(11)3-4-8(6)9(12)10(13)14/h3-5,9H,2H2,1H3,(H,13,14). The Balaban J connectivity index is 3.13. The molecule has 1 N–H and O–H groups in total. The second-order valence-electron chi connectivity index (χ2n) is 2.90. The van der Waals surface area contributed by atoms with Gasteiger partial charge >= 0.3 is 5.97 Å². The summed E-state index contributed by atoms with van der Waals surface area (Å²) in [5, 5.41) is 8.36. The van der Waals surface area contributed by atoms with Gasteiger partial charge < -0.3 is 5.11 Å². The lowest BCUT2D eigenvalue weighted by Gasteiger charge is -2.10. The molecule has 2 nitrogen and oxygen atoms in total. The quantitative estimate of drug-likeness (QED) is 0.813. The van der Waals surface area contributed by atoms with Crippen molar-refractivity contribution < 1.29 is 9.90 Å². The van der Waals surface area contributed by atoms with Gasteiger partial charge in [-0.2, -0.15) is 0 Å². The van der Waals surface area contributed by atoms with E-state index in [1.807, 2.05) is 6.92 Å². The molecule has 0 aliphatic heterocycles. The third-order valence-electron chi connectivity index (χ3n) is 1.98. The minimum Gasteiger partial charge on any atom is -0.480 e. The van der Waals surface area contributed by atoms with Crippen molar-refractivity contribution in [2.75, 3.05) is 0 Å². The van der Waals surface area contributed by atoms with Gasteiger partial charge in [0, 0.05) is 5.02 Å². The Morgan fingerprint density at radius 1 is 1.57 bits per heavy atom. The fourth-order valence-electron chi connectivity index (χ4n) is 1.26. The van der Waals surface area contributed by atoms with E-state index in [9.17, 15) is 4.79 Å². The molecule has 1 unspecified atom stereocenters. The maximum atomic E-state index is 10.7. The van der Waals surface area contributed by atoms with Gasteiger partial charge in [-0.1, -0.05) is 24.6 Å². The molecule has 0 aliphatic carbocycles. The van der Waals surface area contributed by atoms with Crippen LogP contribution in [0.2, 0.25) is 5.02 Å². The van der Waals surface area contributed by atoms with Crippen LogP contribution >= 0.6 is 23.2 Å². The average molecular weight is 233 g/mol. The summed E-state index contributed by atoms with van der Waals surface area (Å²) in [6.45, 7) is 1.93. The van der Waals surface area contributed by atoms with Gasteiger partial charge in [0.15, 0.2) is 5.38 Å². The predicted molar refractivity (Wildman–Crippen MR) is 57.1 cm³/mol. The molecule has 4 heteroatoms. The highest BCUT2D eigenvalue weighted by molar-refractivity contribution is 6.31. The minimum absolute atomic E-state index is 0.597. The summed E-state index contributed by atoms with van der Waals surface area (Å²) in [7, 11) is 0. The molecule has 1 aromatic rings. The highest BCUT2D eigenvalue weighted by atomic mass is 35.5. The maximum Gasteiger partial charge on any atom is 0.326 e. The molecule has 0 fully saturated rings. The van der Waals surface area contributed by atoms with Crippen LogP contribution in [0.4, 0.5) is 0 Å². The summed E-state index contributed by atoms with van der Waals surface area (Å²) in [5.74, 6) is -1.04. The first-order valence-corrected chi connectivity index (χ1v) is 5.03. The fourth-order valence-corrected chi connectivity index (χ4v) is 1.67. The molecule has 0 saturated heterocycles. The first-order chi connectivity index (χ1) is 6.56. The van der Waals surface area contributed by atoms with Gasteiger partial charge in [-0.3, -0.25) is 4.79 Å². The molecule has 76 valence electrons. The number of aryl methyl sites for hydroxylation is 1. The van der Waals surface area contributed by atoms with Gasteiger partial charge in [0.05, 0.1) is 0 Å². The summed E-state index contributed by atoms with van der Waals surface area (Å²) in [6, 6.07) is 5.05. The fraction of sp³-hybridized carbons (Fsp3) is 0.300. The van der Waals surface area contributed by atoms with Gasteiger partial charge in [-0.05, 0) is 29.7 Å². The third kappa shape index (κ3) is 2.40. The van der Waals surface area contributed by atoms with Gasteiger partial charge in [-0.15, -0.1) is 11.6 Å². The van der Waals surface area contributed by atoms with Crippen molar-refractivity contribution >= 4 is 29.2 Å². The summed E-state index contributed by atoms with van der Waals surface area (Å²) in [5.41, 5.74) is 1.49. The summed E-state index contributed by atoms with van der Waals surface area (Å²) >= 11 is 11.5. The number of hydrogen-bond donors (Lipinski definition) is 1. The van der Waals surface area contributed by atoms with Crippen molar-refractivity contribution in [1.29, 1.82) is 0 Å².